The minimum Gasteiger partial charge on any atom is -0.494 e. The highest BCUT2D eigenvalue weighted by Gasteiger charge is 2.35. The molecule has 2 rings (SSSR count). The van der Waals surface area contributed by atoms with Crippen molar-refractivity contribution < 1.29 is 19.0 Å². The molecule has 1 saturated carbocycles. The van der Waals surface area contributed by atoms with Crippen LogP contribution in [0.2, 0.25) is 0 Å². The Hall–Kier alpha value is -1.58. The fraction of sp³-hybridized carbons (Fsp3) is 0.462. The third-order valence-corrected chi connectivity index (χ3v) is 3.20. The zero-order valence-corrected chi connectivity index (χ0v) is 9.65. The van der Waals surface area contributed by atoms with E-state index in [1.165, 1.54) is 7.11 Å². The normalized spacial score (nSPS) is 16.6. The van der Waals surface area contributed by atoms with Crippen molar-refractivity contribution in [3.8, 4) is 5.75 Å². The molecular formula is C13H15FO3. The molecule has 1 aromatic rings. The number of carboxylic acids is 1. The molecule has 0 aromatic heterocycles. The molecule has 1 aromatic carbocycles. The molecule has 0 heterocycles. The highest BCUT2D eigenvalue weighted by Crippen LogP contribution is 2.46. The maximum atomic E-state index is 14.0. The highest BCUT2D eigenvalue weighted by molar-refractivity contribution is 5.68. The molecule has 0 aliphatic heterocycles. The number of hydrogen-bond donors (Lipinski definition) is 1. The molecule has 92 valence electrons. The molecule has 1 N–H and O–H groups in total. The van der Waals surface area contributed by atoms with E-state index in [0.29, 0.717) is 11.5 Å². The molecule has 0 saturated heterocycles. The molecule has 0 amide bonds. The second kappa shape index (κ2) is 4.73. The van der Waals surface area contributed by atoms with Crippen LogP contribution in [0, 0.1) is 11.7 Å². The second-order valence-corrected chi connectivity index (χ2v) is 4.41. The third kappa shape index (κ3) is 2.57. The molecule has 1 fully saturated rings. The van der Waals surface area contributed by atoms with Gasteiger partial charge in [-0.25, -0.2) is 4.39 Å². The summed E-state index contributed by atoms with van der Waals surface area (Å²) in [7, 11) is 1.41. The second-order valence-electron chi connectivity index (χ2n) is 4.41. The fourth-order valence-corrected chi connectivity index (χ4v) is 2.19. The lowest BCUT2D eigenvalue weighted by Crippen LogP contribution is -2.10. The summed E-state index contributed by atoms with van der Waals surface area (Å²) < 4.78 is 19.0. The SMILES string of the molecule is COc1cccc([C@@H](CC(=O)O)C2CC2)c1F. The van der Waals surface area contributed by atoms with Crippen LogP contribution in [-0.4, -0.2) is 18.2 Å². The summed E-state index contributed by atoms with van der Waals surface area (Å²) in [6.45, 7) is 0. The van der Waals surface area contributed by atoms with E-state index in [9.17, 15) is 9.18 Å². The summed E-state index contributed by atoms with van der Waals surface area (Å²) in [5.41, 5.74) is 0.467. The first-order valence-corrected chi connectivity index (χ1v) is 5.67. The van der Waals surface area contributed by atoms with Crippen LogP contribution in [0.15, 0.2) is 18.2 Å². The van der Waals surface area contributed by atoms with Crippen LogP contribution in [0.5, 0.6) is 5.75 Å². The van der Waals surface area contributed by atoms with Crippen molar-refractivity contribution >= 4 is 5.97 Å². The van der Waals surface area contributed by atoms with Gasteiger partial charge in [-0.1, -0.05) is 12.1 Å². The summed E-state index contributed by atoms with van der Waals surface area (Å²) in [5.74, 6) is -1.06. The average Bonchev–Trinajstić information content (AvgIpc) is 3.10. The van der Waals surface area contributed by atoms with Gasteiger partial charge in [-0.2, -0.15) is 0 Å². The Morgan fingerprint density at radius 1 is 1.59 bits per heavy atom. The molecule has 0 radical (unpaired) electrons. The number of carbonyl (C=O) groups is 1. The molecule has 4 heteroatoms. The van der Waals surface area contributed by atoms with E-state index in [4.69, 9.17) is 9.84 Å². The molecule has 0 bridgehead atoms. The number of benzene rings is 1. The predicted octanol–water partition coefficient (Wildman–Crippen LogP) is 2.80. The summed E-state index contributed by atoms with van der Waals surface area (Å²) >= 11 is 0. The van der Waals surface area contributed by atoms with Gasteiger partial charge in [-0.05, 0) is 30.4 Å². The van der Waals surface area contributed by atoms with Crippen molar-refractivity contribution in [1.82, 2.24) is 0 Å². The Labute approximate surface area is 99.2 Å². The monoisotopic (exact) mass is 238 g/mol. The van der Waals surface area contributed by atoms with Gasteiger partial charge in [-0.15, -0.1) is 0 Å². The smallest absolute Gasteiger partial charge is 0.303 e. The van der Waals surface area contributed by atoms with Gasteiger partial charge in [0.2, 0.25) is 0 Å². The summed E-state index contributed by atoms with van der Waals surface area (Å²) in [6.07, 6.45) is 1.94. The molecule has 1 aliphatic rings. The van der Waals surface area contributed by atoms with Crippen molar-refractivity contribution in [3.05, 3.63) is 29.6 Å². The number of methoxy groups -OCH3 is 1. The zero-order chi connectivity index (χ0) is 12.4. The molecule has 0 unspecified atom stereocenters. The first-order chi connectivity index (χ1) is 8.13. The fourth-order valence-electron chi connectivity index (χ4n) is 2.19. The molecule has 17 heavy (non-hydrogen) atoms. The Morgan fingerprint density at radius 2 is 2.29 bits per heavy atom. The van der Waals surface area contributed by atoms with Gasteiger partial charge in [0.05, 0.1) is 13.5 Å². The van der Waals surface area contributed by atoms with Crippen LogP contribution in [-0.2, 0) is 4.79 Å². The molecular weight excluding hydrogens is 223 g/mol. The van der Waals surface area contributed by atoms with Crippen molar-refractivity contribution in [1.29, 1.82) is 0 Å². The Kier molecular flexibility index (Phi) is 3.31. The van der Waals surface area contributed by atoms with Gasteiger partial charge in [0.1, 0.15) is 0 Å². The molecule has 1 aliphatic carbocycles. The van der Waals surface area contributed by atoms with Gasteiger partial charge in [-0.3, -0.25) is 4.79 Å². The lowest BCUT2D eigenvalue weighted by Gasteiger charge is -2.16. The van der Waals surface area contributed by atoms with Crippen LogP contribution in [0.25, 0.3) is 0 Å². The van der Waals surface area contributed by atoms with Gasteiger partial charge in [0.15, 0.2) is 11.6 Å². The Bertz CT molecular complexity index is 427. The summed E-state index contributed by atoms with van der Waals surface area (Å²) in [4.78, 5) is 10.8. The van der Waals surface area contributed by atoms with Crippen LogP contribution in [0.3, 0.4) is 0 Å². The number of hydrogen-bond acceptors (Lipinski definition) is 2. The van der Waals surface area contributed by atoms with E-state index in [-0.39, 0.29) is 18.1 Å². The van der Waals surface area contributed by atoms with Crippen molar-refractivity contribution in [3.63, 3.8) is 0 Å². The van der Waals surface area contributed by atoms with Crippen LogP contribution in [0.1, 0.15) is 30.7 Å². The maximum Gasteiger partial charge on any atom is 0.303 e. The first kappa shape index (κ1) is 11.9. The van der Waals surface area contributed by atoms with E-state index in [0.717, 1.165) is 12.8 Å². The van der Waals surface area contributed by atoms with E-state index in [1.807, 2.05) is 0 Å². The van der Waals surface area contributed by atoms with Crippen LogP contribution in [0.4, 0.5) is 4.39 Å². The quantitative estimate of drug-likeness (QED) is 0.858. The number of ether oxygens (including phenoxy) is 1. The lowest BCUT2D eigenvalue weighted by atomic mass is 9.90. The van der Waals surface area contributed by atoms with Crippen LogP contribution < -0.4 is 4.74 Å². The number of aliphatic carboxylic acids is 1. The minimum atomic E-state index is -0.885. The molecule has 3 nitrogen and oxygen atoms in total. The standard InChI is InChI=1S/C13H15FO3/c1-17-11-4-2-3-9(13(11)14)10(7-12(15)16)8-5-6-8/h2-4,8,10H,5-7H2,1H3,(H,15,16)/t10-/m0/s1. The Balaban J connectivity index is 2.31. The van der Waals surface area contributed by atoms with Crippen molar-refractivity contribution in [2.75, 3.05) is 7.11 Å². The van der Waals surface area contributed by atoms with Gasteiger partial charge < -0.3 is 9.84 Å². The van der Waals surface area contributed by atoms with Gasteiger partial charge >= 0.3 is 5.97 Å². The highest BCUT2D eigenvalue weighted by atomic mass is 19.1. The topological polar surface area (TPSA) is 46.5 Å². The summed E-state index contributed by atoms with van der Waals surface area (Å²) in [5, 5.41) is 8.89. The van der Waals surface area contributed by atoms with Gasteiger partial charge in [0, 0.05) is 5.92 Å². The number of halogens is 1. The molecule has 0 spiro atoms. The van der Waals surface area contributed by atoms with E-state index < -0.39 is 11.8 Å². The van der Waals surface area contributed by atoms with E-state index >= 15 is 0 Å². The summed E-state index contributed by atoms with van der Waals surface area (Å²) in [6, 6.07) is 4.90. The van der Waals surface area contributed by atoms with Crippen LogP contribution >= 0.6 is 0 Å². The average molecular weight is 238 g/mol. The number of carboxylic acid groups (broad SMARTS) is 1. The minimum absolute atomic E-state index is 0.0191. The van der Waals surface area contributed by atoms with E-state index in [1.54, 1.807) is 18.2 Å². The first-order valence-electron chi connectivity index (χ1n) is 5.67. The van der Waals surface area contributed by atoms with Gasteiger partial charge in [0.25, 0.3) is 0 Å². The van der Waals surface area contributed by atoms with Crippen molar-refractivity contribution in [2.24, 2.45) is 5.92 Å². The third-order valence-electron chi connectivity index (χ3n) is 3.20. The largest absolute Gasteiger partial charge is 0.494 e. The van der Waals surface area contributed by atoms with Crippen molar-refractivity contribution in [2.45, 2.75) is 25.2 Å². The zero-order valence-electron chi connectivity index (χ0n) is 9.65. The number of rotatable bonds is 5. The molecule has 1 atom stereocenters. The maximum absolute atomic E-state index is 14.0. The van der Waals surface area contributed by atoms with E-state index in [2.05, 4.69) is 0 Å². The lowest BCUT2D eigenvalue weighted by molar-refractivity contribution is -0.137. The Morgan fingerprint density at radius 3 is 2.82 bits per heavy atom. The predicted molar refractivity (Wildman–Crippen MR) is 60.7 cm³/mol.